The topological polar surface area (TPSA) is 148 Å². The SMILES string of the molecule is C=CC(=O)OCCOCCOC(=O)NCC1CC(C)(C)CC(C)(CNC(=O)OCCOCCOC(=O)C=C)C1. The molecule has 1 fully saturated rings. The Kier molecular flexibility index (Phi) is 15.8. The van der Waals surface area contributed by atoms with E-state index in [1.54, 1.807) is 0 Å². The van der Waals surface area contributed by atoms with Crippen molar-refractivity contribution in [3.05, 3.63) is 25.3 Å². The van der Waals surface area contributed by atoms with Gasteiger partial charge in [-0.25, -0.2) is 19.2 Å². The summed E-state index contributed by atoms with van der Waals surface area (Å²) in [5.74, 6) is -0.824. The highest BCUT2D eigenvalue weighted by Gasteiger charge is 2.41. The second-order valence-electron chi connectivity index (χ2n) is 10.4. The Morgan fingerprint density at radius 3 is 1.67 bits per heavy atom. The van der Waals surface area contributed by atoms with Crippen LogP contribution in [-0.4, -0.2) is 90.1 Å². The number of amides is 2. The third-order valence-corrected chi connectivity index (χ3v) is 5.92. The Morgan fingerprint density at radius 1 is 0.718 bits per heavy atom. The largest absolute Gasteiger partial charge is 0.460 e. The molecule has 1 saturated carbocycles. The van der Waals surface area contributed by atoms with Crippen molar-refractivity contribution in [2.45, 2.75) is 40.0 Å². The van der Waals surface area contributed by atoms with Crippen LogP contribution in [0, 0.1) is 16.7 Å². The zero-order valence-electron chi connectivity index (χ0n) is 23.4. The van der Waals surface area contributed by atoms with Crippen LogP contribution in [0.1, 0.15) is 40.0 Å². The van der Waals surface area contributed by atoms with E-state index in [0.717, 1.165) is 31.4 Å². The predicted molar refractivity (Wildman–Crippen MR) is 142 cm³/mol. The van der Waals surface area contributed by atoms with E-state index in [0.29, 0.717) is 13.1 Å². The smallest absolute Gasteiger partial charge is 0.407 e. The van der Waals surface area contributed by atoms with E-state index in [1.165, 1.54) is 0 Å². The lowest BCUT2D eigenvalue weighted by atomic mass is 9.60. The zero-order valence-corrected chi connectivity index (χ0v) is 23.4. The Labute approximate surface area is 230 Å². The minimum atomic E-state index is -0.527. The van der Waals surface area contributed by atoms with E-state index in [4.69, 9.17) is 28.4 Å². The standard InChI is InChI=1S/C27H44N2O10/c1-6-22(30)36-12-8-34-10-14-38-24(32)28-18-21-16-26(3,4)19-27(5,17-21)20-29-25(33)39-15-11-35-9-13-37-23(31)7-2/h6-7,21H,1-2,8-20H2,3-5H3,(H,28,32)(H,29,33). The van der Waals surface area contributed by atoms with Gasteiger partial charge >= 0.3 is 24.1 Å². The first kappa shape index (κ1) is 33.9. The van der Waals surface area contributed by atoms with Crippen LogP contribution in [0.25, 0.3) is 0 Å². The fourth-order valence-corrected chi connectivity index (χ4v) is 4.86. The monoisotopic (exact) mass is 556 g/mol. The molecule has 2 N–H and O–H groups in total. The third-order valence-electron chi connectivity index (χ3n) is 5.92. The Hall–Kier alpha value is -3.12. The van der Waals surface area contributed by atoms with E-state index in [1.807, 2.05) is 0 Å². The maximum atomic E-state index is 12.2. The molecule has 39 heavy (non-hydrogen) atoms. The van der Waals surface area contributed by atoms with Gasteiger partial charge in [0.1, 0.15) is 26.4 Å². The molecule has 0 radical (unpaired) electrons. The number of carbonyl (C=O) groups excluding carboxylic acids is 4. The Morgan fingerprint density at radius 2 is 1.18 bits per heavy atom. The van der Waals surface area contributed by atoms with Crippen LogP contribution in [-0.2, 0) is 38.0 Å². The van der Waals surface area contributed by atoms with Crippen molar-refractivity contribution < 1.29 is 47.6 Å². The first-order valence-electron chi connectivity index (χ1n) is 13.0. The number of carbonyl (C=O) groups is 4. The van der Waals surface area contributed by atoms with Gasteiger partial charge in [-0.15, -0.1) is 0 Å². The molecule has 12 heteroatoms. The van der Waals surface area contributed by atoms with Gasteiger partial charge in [0.2, 0.25) is 0 Å². The highest BCUT2D eigenvalue weighted by Crippen LogP contribution is 2.48. The lowest BCUT2D eigenvalue weighted by Gasteiger charge is -2.46. The molecule has 0 bridgehead atoms. The molecule has 0 heterocycles. The highest BCUT2D eigenvalue weighted by atomic mass is 16.6. The molecule has 1 aliphatic carbocycles. The molecule has 2 atom stereocenters. The highest BCUT2D eigenvalue weighted by molar-refractivity contribution is 5.81. The minimum absolute atomic E-state index is 0.0284. The molecule has 2 amide bonds. The molecule has 222 valence electrons. The number of ether oxygens (including phenoxy) is 6. The number of hydrogen-bond acceptors (Lipinski definition) is 10. The Bertz CT molecular complexity index is 816. The molecule has 2 unspecified atom stereocenters. The summed E-state index contributed by atoms with van der Waals surface area (Å²) in [6, 6.07) is 0. The number of hydrogen-bond donors (Lipinski definition) is 2. The summed E-state index contributed by atoms with van der Waals surface area (Å²) in [5.41, 5.74) is -0.147. The number of rotatable bonds is 18. The molecular weight excluding hydrogens is 512 g/mol. The predicted octanol–water partition coefficient (Wildman–Crippen LogP) is 2.76. The molecule has 0 aliphatic heterocycles. The maximum Gasteiger partial charge on any atom is 0.407 e. The van der Waals surface area contributed by atoms with Crippen molar-refractivity contribution in [2.24, 2.45) is 16.7 Å². The first-order valence-corrected chi connectivity index (χ1v) is 13.0. The summed E-state index contributed by atoms with van der Waals surface area (Å²) in [7, 11) is 0. The van der Waals surface area contributed by atoms with Crippen LogP contribution in [0.3, 0.4) is 0 Å². The second-order valence-corrected chi connectivity index (χ2v) is 10.4. The number of esters is 2. The Balaban J connectivity index is 2.27. The van der Waals surface area contributed by atoms with Gasteiger partial charge in [-0.2, -0.15) is 0 Å². The van der Waals surface area contributed by atoms with E-state index in [-0.39, 0.29) is 69.6 Å². The quantitative estimate of drug-likeness (QED) is 0.112. The van der Waals surface area contributed by atoms with Crippen molar-refractivity contribution in [1.82, 2.24) is 10.6 Å². The molecule has 0 aromatic heterocycles. The first-order chi connectivity index (χ1) is 18.5. The van der Waals surface area contributed by atoms with Crippen molar-refractivity contribution >= 4 is 24.1 Å². The van der Waals surface area contributed by atoms with Crippen molar-refractivity contribution in [2.75, 3.05) is 65.9 Å². The summed E-state index contributed by atoms with van der Waals surface area (Å²) in [5, 5.41) is 5.66. The zero-order chi connectivity index (χ0) is 29.2. The lowest BCUT2D eigenvalue weighted by Crippen LogP contribution is -2.46. The van der Waals surface area contributed by atoms with E-state index < -0.39 is 24.1 Å². The van der Waals surface area contributed by atoms with Gasteiger partial charge in [0.05, 0.1) is 26.4 Å². The van der Waals surface area contributed by atoms with Crippen LogP contribution < -0.4 is 10.6 Å². The van der Waals surface area contributed by atoms with Crippen molar-refractivity contribution in [1.29, 1.82) is 0 Å². The van der Waals surface area contributed by atoms with Gasteiger partial charge in [0.15, 0.2) is 0 Å². The van der Waals surface area contributed by atoms with Crippen LogP contribution >= 0.6 is 0 Å². The molecule has 0 aromatic rings. The van der Waals surface area contributed by atoms with Crippen LogP contribution in [0.4, 0.5) is 9.59 Å². The molecule has 1 aliphatic rings. The average Bonchev–Trinajstić information content (AvgIpc) is 2.88. The van der Waals surface area contributed by atoms with Gasteiger partial charge in [0, 0.05) is 25.2 Å². The summed E-state index contributed by atoms with van der Waals surface area (Å²) in [4.78, 5) is 46.1. The molecular formula is C27H44N2O10. The summed E-state index contributed by atoms with van der Waals surface area (Å²) in [6.07, 6.45) is 3.75. The maximum absolute atomic E-state index is 12.2. The molecule has 0 saturated heterocycles. The molecule has 12 nitrogen and oxygen atoms in total. The second kappa shape index (κ2) is 18.2. The van der Waals surface area contributed by atoms with E-state index >= 15 is 0 Å². The summed E-state index contributed by atoms with van der Waals surface area (Å²) in [6.45, 7) is 15.1. The van der Waals surface area contributed by atoms with Crippen molar-refractivity contribution in [3.63, 3.8) is 0 Å². The fraction of sp³-hybridized carbons (Fsp3) is 0.704. The van der Waals surface area contributed by atoms with Crippen molar-refractivity contribution in [3.8, 4) is 0 Å². The van der Waals surface area contributed by atoms with Gasteiger partial charge in [-0.05, 0) is 36.0 Å². The molecule has 1 rings (SSSR count). The van der Waals surface area contributed by atoms with Crippen LogP contribution in [0.5, 0.6) is 0 Å². The number of nitrogens with one attached hydrogen (secondary N) is 2. The van der Waals surface area contributed by atoms with Crippen LogP contribution in [0.15, 0.2) is 25.3 Å². The third kappa shape index (κ3) is 16.4. The van der Waals surface area contributed by atoms with Gasteiger partial charge in [-0.3, -0.25) is 0 Å². The summed E-state index contributed by atoms with van der Waals surface area (Å²) >= 11 is 0. The molecule has 0 aromatic carbocycles. The van der Waals surface area contributed by atoms with Gasteiger partial charge < -0.3 is 39.1 Å². The van der Waals surface area contributed by atoms with E-state index in [2.05, 4.69) is 44.6 Å². The van der Waals surface area contributed by atoms with Crippen LogP contribution in [0.2, 0.25) is 0 Å². The average molecular weight is 557 g/mol. The summed E-state index contributed by atoms with van der Waals surface area (Å²) < 4.78 is 30.4. The van der Waals surface area contributed by atoms with Gasteiger partial charge in [0.25, 0.3) is 0 Å². The number of alkyl carbamates (subject to hydrolysis) is 2. The minimum Gasteiger partial charge on any atom is -0.460 e. The molecule has 0 spiro atoms. The normalized spacial score (nSPS) is 19.7. The van der Waals surface area contributed by atoms with E-state index in [9.17, 15) is 19.2 Å². The fourth-order valence-electron chi connectivity index (χ4n) is 4.86. The van der Waals surface area contributed by atoms with Gasteiger partial charge in [-0.1, -0.05) is 33.9 Å². The lowest BCUT2D eigenvalue weighted by molar-refractivity contribution is -0.140.